The van der Waals surface area contributed by atoms with E-state index >= 15 is 0 Å². The van der Waals surface area contributed by atoms with Crippen LogP contribution in [-0.2, 0) is 4.79 Å². The van der Waals surface area contributed by atoms with Gasteiger partial charge in [-0.15, -0.1) is 0 Å². The number of nitrogens with one attached hydrogen (secondary N) is 2. The summed E-state index contributed by atoms with van der Waals surface area (Å²) in [5, 5.41) is 11.6. The van der Waals surface area contributed by atoms with Crippen molar-refractivity contribution in [2.24, 2.45) is 5.92 Å². The second kappa shape index (κ2) is 12.5. The Balaban J connectivity index is 1.56. The Morgan fingerprint density at radius 2 is 1.76 bits per heavy atom. The molecule has 9 heteroatoms. The number of hydrogen-bond donors (Lipinski definition) is 2. The molecule has 0 saturated heterocycles. The summed E-state index contributed by atoms with van der Waals surface area (Å²) >= 11 is 12.4. The summed E-state index contributed by atoms with van der Waals surface area (Å²) in [6.07, 6.45) is 5.43. The minimum Gasteiger partial charge on any atom is -0.335 e. The normalized spacial score (nSPS) is 14.0. The highest BCUT2D eigenvalue weighted by atomic mass is 35.5. The summed E-state index contributed by atoms with van der Waals surface area (Å²) in [4.78, 5) is 27.9. The lowest BCUT2D eigenvalue weighted by atomic mass is 9.96. The van der Waals surface area contributed by atoms with Crippen molar-refractivity contribution in [3.8, 4) is 16.9 Å². The Hall–Kier alpha value is -3.03. The molecule has 0 atom stereocenters. The molecule has 196 valence electrons. The summed E-state index contributed by atoms with van der Waals surface area (Å²) < 4.78 is 1.62. The maximum absolute atomic E-state index is 13.2. The van der Waals surface area contributed by atoms with Gasteiger partial charge in [0, 0.05) is 24.2 Å². The van der Waals surface area contributed by atoms with Gasteiger partial charge in [0.25, 0.3) is 0 Å². The molecule has 7 nitrogen and oxygen atoms in total. The molecule has 3 amide bonds. The average Bonchev–Trinajstić information content (AvgIpc) is 3.29. The van der Waals surface area contributed by atoms with Crippen LogP contribution < -0.4 is 10.6 Å². The standard InChI is InChI=1S/C28H33Cl2N5O2/c1-19(2)17-34(28(37)31-21-11-7-4-8-12-21)18-27(36)32-26-16-25(20-9-5-3-6-10-20)33-35(26)22-13-14-23(29)24(30)15-22/h3,5-6,9-10,13-16,19,21H,4,7-8,11-12,17-18H2,1-2H3,(H,31,37)(H,32,36). The van der Waals surface area contributed by atoms with E-state index in [4.69, 9.17) is 28.3 Å². The second-order valence-corrected chi connectivity index (χ2v) is 10.7. The first kappa shape index (κ1) is 27.0. The fourth-order valence-electron chi connectivity index (χ4n) is 4.56. The van der Waals surface area contributed by atoms with E-state index in [1.165, 1.54) is 6.42 Å². The number of anilines is 1. The van der Waals surface area contributed by atoms with E-state index in [-0.39, 0.29) is 30.4 Å². The molecule has 1 heterocycles. The number of aromatic nitrogens is 2. The van der Waals surface area contributed by atoms with Crippen LogP contribution in [0.2, 0.25) is 10.0 Å². The van der Waals surface area contributed by atoms with Gasteiger partial charge in [0.05, 0.1) is 21.4 Å². The van der Waals surface area contributed by atoms with Crippen LogP contribution in [0.4, 0.5) is 10.6 Å². The molecule has 37 heavy (non-hydrogen) atoms. The maximum atomic E-state index is 13.2. The zero-order valence-corrected chi connectivity index (χ0v) is 22.7. The summed E-state index contributed by atoms with van der Waals surface area (Å²) in [6, 6.07) is 16.7. The molecule has 1 aromatic heterocycles. The van der Waals surface area contributed by atoms with Crippen LogP contribution in [0.5, 0.6) is 0 Å². The number of benzene rings is 2. The lowest BCUT2D eigenvalue weighted by molar-refractivity contribution is -0.116. The van der Waals surface area contributed by atoms with Gasteiger partial charge in [-0.2, -0.15) is 5.10 Å². The van der Waals surface area contributed by atoms with Crippen LogP contribution in [0.1, 0.15) is 46.0 Å². The van der Waals surface area contributed by atoms with Crippen LogP contribution in [0, 0.1) is 5.92 Å². The van der Waals surface area contributed by atoms with Crippen molar-refractivity contribution in [3.05, 3.63) is 64.6 Å². The molecule has 2 aromatic carbocycles. The summed E-state index contributed by atoms with van der Waals surface area (Å²) in [7, 11) is 0. The fourth-order valence-corrected chi connectivity index (χ4v) is 4.85. The minimum absolute atomic E-state index is 0.0655. The van der Waals surface area contributed by atoms with Crippen LogP contribution >= 0.6 is 23.2 Å². The monoisotopic (exact) mass is 541 g/mol. The molecule has 4 rings (SSSR count). The van der Waals surface area contributed by atoms with Gasteiger partial charge in [-0.1, -0.05) is 86.6 Å². The fraction of sp³-hybridized carbons (Fsp3) is 0.393. The van der Waals surface area contributed by atoms with Gasteiger partial charge < -0.3 is 15.5 Å². The zero-order chi connectivity index (χ0) is 26.4. The highest BCUT2D eigenvalue weighted by molar-refractivity contribution is 6.42. The van der Waals surface area contributed by atoms with Gasteiger partial charge in [0.2, 0.25) is 5.91 Å². The van der Waals surface area contributed by atoms with Gasteiger partial charge >= 0.3 is 6.03 Å². The largest absolute Gasteiger partial charge is 0.335 e. The summed E-state index contributed by atoms with van der Waals surface area (Å²) in [5.41, 5.74) is 2.25. The van der Waals surface area contributed by atoms with Gasteiger partial charge in [-0.25, -0.2) is 9.48 Å². The Morgan fingerprint density at radius 3 is 2.43 bits per heavy atom. The molecule has 0 unspecified atom stereocenters. The third-order valence-electron chi connectivity index (χ3n) is 6.33. The van der Waals surface area contributed by atoms with Crippen molar-refractivity contribution in [2.45, 2.75) is 52.0 Å². The van der Waals surface area contributed by atoms with Crippen molar-refractivity contribution in [1.82, 2.24) is 20.0 Å². The predicted molar refractivity (Wildman–Crippen MR) is 149 cm³/mol. The first-order chi connectivity index (χ1) is 17.8. The van der Waals surface area contributed by atoms with Crippen molar-refractivity contribution in [3.63, 3.8) is 0 Å². The quantitative estimate of drug-likeness (QED) is 0.329. The molecule has 0 aliphatic heterocycles. The number of amides is 3. The van der Waals surface area contributed by atoms with Gasteiger partial charge in [-0.05, 0) is 37.0 Å². The van der Waals surface area contributed by atoms with Gasteiger partial charge in [0.1, 0.15) is 12.4 Å². The van der Waals surface area contributed by atoms with Crippen LogP contribution in [0.15, 0.2) is 54.6 Å². The third kappa shape index (κ3) is 7.27. The lowest BCUT2D eigenvalue weighted by Gasteiger charge is -2.29. The molecule has 0 bridgehead atoms. The Labute approximate surface area is 228 Å². The average molecular weight is 543 g/mol. The Bertz CT molecular complexity index is 1220. The molecular weight excluding hydrogens is 509 g/mol. The Morgan fingerprint density at radius 1 is 1.03 bits per heavy atom. The van der Waals surface area contributed by atoms with E-state index in [1.54, 1.807) is 27.8 Å². The van der Waals surface area contributed by atoms with Crippen molar-refractivity contribution in [1.29, 1.82) is 0 Å². The van der Waals surface area contributed by atoms with Crippen LogP contribution in [-0.4, -0.2) is 45.8 Å². The van der Waals surface area contributed by atoms with Crippen molar-refractivity contribution in [2.75, 3.05) is 18.4 Å². The zero-order valence-electron chi connectivity index (χ0n) is 21.2. The van der Waals surface area contributed by atoms with E-state index in [9.17, 15) is 9.59 Å². The molecule has 1 fully saturated rings. The number of carbonyl (C=O) groups is 2. The molecule has 2 N–H and O–H groups in total. The van der Waals surface area contributed by atoms with E-state index < -0.39 is 0 Å². The smallest absolute Gasteiger partial charge is 0.318 e. The van der Waals surface area contributed by atoms with Gasteiger partial charge in [0.15, 0.2) is 0 Å². The van der Waals surface area contributed by atoms with E-state index in [2.05, 4.69) is 10.6 Å². The molecule has 1 aliphatic carbocycles. The van der Waals surface area contributed by atoms with Crippen molar-refractivity contribution >= 4 is 41.0 Å². The summed E-state index contributed by atoms with van der Waals surface area (Å²) in [6.45, 7) is 4.48. The Kier molecular flexibility index (Phi) is 9.11. The SMILES string of the molecule is CC(C)CN(CC(=O)Nc1cc(-c2ccccc2)nn1-c1ccc(Cl)c(Cl)c1)C(=O)NC1CCCCC1. The van der Waals surface area contributed by atoms with Crippen LogP contribution in [0.25, 0.3) is 16.9 Å². The molecule has 1 saturated carbocycles. The number of rotatable bonds is 8. The third-order valence-corrected chi connectivity index (χ3v) is 7.07. The lowest BCUT2D eigenvalue weighted by Crippen LogP contribution is -2.49. The minimum atomic E-state index is -0.305. The van der Waals surface area contributed by atoms with E-state index in [0.717, 1.165) is 31.2 Å². The first-order valence-corrected chi connectivity index (χ1v) is 13.5. The van der Waals surface area contributed by atoms with Crippen LogP contribution in [0.3, 0.4) is 0 Å². The first-order valence-electron chi connectivity index (χ1n) is 12.8. The number of carbonyl (C=O) groups excluding carboxylic acids is 2. The highest BCUT2D eigenvalue weighted by Crippen LogP contribution is 2.29. The molecule has 1 aliphatic rings. The predicted octanol–water partition coefficient (Wildman–Crippen LogP) is 6.78. The molecule has 3 aromatic rings. The number of nitrogens with zero attached hydrogens (tertiary/aromatic N) is 3. The number of halogens is 2. The van der Waals surface area contributed by atoms with E-state index in [0.29, 0.717) is 33.8 Å². The van der Waals surface area contributed by atoms with Gasteiger partial charge in [-0.3, -0.25) is 4.79 Å². The summed E-state index contributed by atoms with van der Waals surface area (Å²) in [5.74, 6) is 0.385. The second-order valence-electron chi connectivity index (χ2n) is 9.90. The highest BCUT2D eigenvalue weighted by Gasteiger charge is 2.23. The number of hydrogen-bond acceptors (Lipinski definition) is 3. The number of urea groups is 1. The molecule has 0 radical (unpaired) electrons. The topological polar surface area (TPSA) is 79.3 Å². The van der Waals surface area contributed by atoms with Crippen molar-refractivity contribution < 1.29 is 9.59 Å². The van der Waals surface area contributed by atoms with E-state index in [1.807, 2.05) is 50.2 Å². The molecular formula is C28H33Cl2N5O2. The molecule has 0 spiro atoms. The maximum Gasteiger partial charge on any atom is 0.318 e.